The predicted octanol–water partition coefficient (Wildman–Crippen LogP) is 2.59. The molecule has 1 fully saturated rings. The number of nitrogens with one attached hydrogen (secondary N) is 1. The minimum Gasteiger partial charge on any atom is -0.351 e. The lowest BCUT2D eigenvalue weighted by atomic mass is 10.1. The molecule has 20 heavy (non-hydrogen) atoms. The van der Waals surface area contributed by atoms with E-state index in [1.165, 1.54) is 13.0 Å². The Hall–Kier alpha value is -1.14. The van der Waals surface area contributed by atoms with Gasteiger partial charge in [-0.3, -0.25) is 4.79 Å². The fourth-order valence-corrected chi connectivity index (χ4v) is 2.81. The van der Waals surface area contributed by atoms with Crippen molar-refractivity contribution >= 4 is 25.6 Å². The second-order valence-corrected chi connectivity index (χ2v) is 8.07. The van der Waals surface area contributed by atoms with Gasteiger partial charge in [0.25, 0.3) is 15.0 Å². The van der Waals surface area contributed by atoms with Gasteiger partial charge in [0.05, 0.1) is 0 Å². The van der Waals surface area contributed by atoms with Crippen molar-refractivity contribution in [1.29, 1.82) is 0 Å². The Labute approximate surface area is 121 Å². The molecule has 0 heterocycles. The molecule has 0 atom stereocenters. The predicted molar refractivity (Wildman–Crippen MR) is 73.9 cm³/mol. The summed E-state index contributed by atoms with van der Waals surface area (Å²) in [6, 6.07) is 2.28. The Morgan fingerprint density at radius 1 is 1.45 bits per heavy atom. The Morgan fingerprint density at radius 2 is 2.05 bits per heavy atom. The number of carbonyl (C=O) groups excluding carboxylic acids is 1. The molecule has 4 nitrogen and oxygen atoms in total. The summed E-state index contributed by atoms with van der Waals surface area (Å²) in [5.74, 6) is -1.35. The molecular formula is C13H15ClFNO3S. The second kappa shape index (κ2) is 5.00. The van der Waals surface area contributed by atoms with Crippen molar-refractivity contribution in [2.75, 3.05) is 6.54 Å². The summed E-state index contributed by atoms with van der Waals surface area (Å²) in [5.41, 5.74) is 0.286. The second-order valence-electron chi connectivity index (χ2n) is 5.54. The first kappa shape index (κ1) is 15.3. The molecule has 0 spiro atoms. The average Bonchev–Trinajstić information content (AvgIpc) is 3.06. The van der Waals surface area contributed by atoms with E-state index in [0.29, 0.717) is 6.54 Å². The maximum atomic E-state index is 13.7. The van der Waals surface area contributed by atoms with Crippen molar-refractivity contribution in [3.63, 3.8) is 0 Å². The van der Waals surface area contributed by atoms with E-state index in [9.17, 15) is 17.6 Å². The first-order chi connectivity index (χ1) is 9.12. The van der Waals surface area contributed by atoms with E-state index in [4.69, 9.17) is 10.7 Å². The Bertz CT molecular complexity index is 668. The molecule has 0 unspecified atom stereocenters. The van der Waals surface area contributed by atoms with Crippen molar-refractivity contribution in [3.05, 3.63) is 29.1 Å². The Morgan fingerprint density at radius 3 is 2.55 bits per heavy atom. The highest BCUT2D eigenvalue weighted by Gasteiger charge is 2.37. The van der Waals surface area contributed by atoms with Gasteiger partial charge >= 0.3 is 0 Å². The highest BCUT2D eigenvalue weighted by Crippen LogP contribution is 2.44. The lowest BCUT2D eigenvalue weighted by Gasteiger charge is -2.11. The Kier molecular flexibility index (Phi) is 3.81. The van der Waals surface area contributed by atoms with Crippen LogP contribution in [0.2, 0.25) is 0 Å². The van der Waals surface area contributed by atoms with E-state index in [1.54, 1.807) is 0 Å². The highest BCUT2D eigenvalue weighted by atomic mass is 35.7. The van der Waals surface area contributed by atoms with Crippen molar-refractivity contribution in [1.82, 2.24) is 5.32 Å². The SMILES string of the molecule is Cc1cc(C(=O)NCC2(C)CC2)cc(S(=O)(=O)Cl)c1F. The standard InChI is InChI=1S/C13H15ClFNO3S/c1-8-5-9(6-10(11(8)15)20(14,18)19)12(17)16-7-13(2)3-4-13/h5-6H,3-4,7H2,1-2H3,(H,16,17). The van der Waals surface area contributed by atoms with Crippen LogP contribution in [0.5, 0.6) is 0 Å². The van der Waals surface area contributed by atoms with Crippen LogP contribution in [0.15, 0.2) is 17.0 Å². The summed E-state index contributed by atoms with van der Waals surface area (Å²) in [6.45, 7) is 3.96. The number of rotatable bonds is 4. The summed E-state index contributed by atoms with van der Waals surface area (Å²) in [4.78, 5) is 11.3. The molecule has 0 radical (unpaired) electrons. The molecular weight excluding hydrogens is 305 g/mol. The lowest BCUT2D eigenvalue weighted by molar-refractivity contribution is 0.0945. The minimum absolute atomic E-state index is 0.0644. The van der Waals surface area contributed by atoms with E-state index in [2.05, 4.69) is 12.2 Å². The lowest BCUT2D eigenvalue weighted by Crippen LogP contribution is -2.29. The normalized spacial score (nSPS) is 16.8. The van der Waals surface area contributed by atoms with Gasteiger partial charge in [-0.1, -0.05) is 6.92 Å². The summed E-state index contributed by atoms with van der Waals surface area (Å²) < 4.78 is 36.3. The van der Waals surface area contributed by atoms with E-state index in [1.807, 2.05) is 0 Å². The molecule has 7 heteroatoms. The summed E-state index contributed by atoms with van der Waals surface area (Å²) in [7, 11) is 0.947. The highest BCUT2D eigenvalue weighted by molar-refractivity contribution is 8.13. The molecule has 1 amide bonds. The average molecular weight is 320 g/mol. The zero-order chi connectivity index (χ0) is 15.1. The van der Waals surface area contributed by atoms with E-state index < -0.39 is 25.7 Å². The van der Waals surface area contributed by atoms with Crippen molar-refractivity contribution in [2.45, 2.75) is 31.6 Å². The fraction of sp³-hybridized carbons (Fsp3) is 0.462. The Balaban J connectivity index is 2.28. The van der Waals surface area contributed by atoms with Crippen LogP contribution in [0.25, 0.3) is 0 Å². The van der Waals surface area contributed by atoms with Crippen LogP contribution in [-0.2, 0) is 9.05 Å². The smallest absolute Gasteiger partial charge is 0.264 e. The zero-order valence-corrected chi connectivity index (χ0v) is 12.7. The molecule has 2 rings (SSSR count). The van der Waals surface area contributed by atoms with Crippen LogP contribution in [0, 0.1) is 18.2 Å². The monoisotopic (exact) mass is 319 g/mol. The molecule has 1 aromatic carbocycles. The van der Waals surface area contributed by atoms with Gasteiger partial charge < -0.3 is 5.32 Å². The number of halogens is 2. The third-order valence-electron chi connectivity index (χ3n) is 3.53. The van der Waals surface area contributed by atoms with Gasteiger partial charge in [0.1, 0.15) is 10.7 Å². The van der Waals surface area contributed by atoms with Crippen LogP contribution >= 0.6 is 10.7 Å². The molecule has 1 aliphatic carbocycles. The molecule has 0 saturated heterocycles. The maximum Gasteiger partial charge on any atom is 0.264 e. The van der Waals surface area contributed by atoms with E-state index in [0.717, 1.165) is 18.9 Å². The van der Waals surface area contributed by atoms with Crippen LogP contribution in [0.1, 0.15) is 35.7 Å². The number of carbonyl (C=O) groups is 1. The van der Waals surface area contributed by atoms with Crippen LogP contribution in [-0.4, -0.2) is 20.9 Å². The molecule has 1 aromatic rings. The molecule has 1 N–H and O–H groups in total. The van der Waals surface area contributed by atoms with Crippen LogP contribution in [0.4, 0.5) is 4.39 Å². The van der Waals surface area contributed by atoms with Crippen molar-refractivity contribution < 1.29 is 17.6 Å². The van der Waals surface area contributed by atoms with Crippen molar-refractivity contribution in [2.24, 2.45) is 5.41 Å². The van der Waals surface area contributed by atoms with Gasteiger partial charge in [0.15, 0.2) is 0 Å². The van der Waals surface area contributed by atoms with Crippen molar-refractivity contribution in [3.8, 4) is 0 Å². The topological polar surface area (TPSA) is 63.2 Å². The first-order valence-corrected chi connectivity index (χ1v) is 8.46. The fourth-order valence-electron chi connectivity index (χ4n) is 1.83. The molecule has 1 aliphatic rings. The quantitative estimate of drug-likeness (QED) is 0.868. The first-order valence-electron chi connectivity index (χ1n) is 6.15. The maximum absolute atomic E-state index is 13.7. The van der Waals surface area contributed by atoms with Gasteiger partial charge in [-0.15, -0.1) is 0 Å². The third kappa shape index (κ3) is 3.30. The summed E-state index contributed by atoms with van der Waals surface area (Å²) in [5, 5.41) is 2.73. The molecule has 0 aliphatic heterocycles. The molecule has 110 valence electrons. The van der Waals surface area contributed by atoms with Gasteiger partial charge in [0.2, 0.25) is 0 Å². The number of aryl methyl sites for hydroxylation is 1. The molecule has 0 aromatic heterocycles. The molecule has 1 saturated carbocycles. The van der Waals surface area contributed by atoms with Gasteiger partial charge in [-0.25, -0.2) is 12.8 Å². The van der Waals surface area contributed by atoms with Gasteiger partial charge in [0, 0.05) is 22.8 Å². The third-order valence-corrected chi connectivity index (χ3v) is 4.85. The van der Waals surface area contributed by atoms with E-state index >= 15 is 0 Å². The zero-order valence-electron chi connectivity index (χ0n) is 11.2. The molecule has 0 bridgehead atoms. The van der Waals surface area contributed by atoms with Gasteiger partial charge in [-0.05, 0) is 42.9 Å². The number of benzene rings is 1. The minimum atomic E-state index is -4.23. The number of amides is 1. The van der Waals surface area contributed by atoms with Crippen LogP contribution in [0.3, 0.4) is 0 Å². The number of hydrogen-bond acceptors (Lipinski definition) is 3. The largest absolute Gasteiger partial charge is 0.351 e. The van der Waals surface area contributed by atoms with Gasteiger partial charge in [-0.2, -0.15) is 0 Å². The van der Waals surface area contributed by atoms with Crippen LogP contribution < -0.4 is 5.32 Å². The van der Waals surface area contributed by atoms with E-state index in [-0.39, 0.29) is 16.5 Å². The summed E-state index contributed by atoms with van der Waals surface area (Å²) in [6.07, 6.45) is 2.11. The number of hydrogen-bond donors (Lipinski definition) is 1. The summed E-state index contributed by atoms with van der Waals surface area (Å²) >= 11 is 0.